The van der Waals surface area contributed by atoms with Crippen molar-refractivity contribution >= 4 is 27.6 Å². The van der Waals surface area contributed by atoms with Crippen LogP contribution in [0.25, 0.3) is 0 Å². The summed E-state index contributed by atoms with van der Waals surface area (Å²) in [4.78, 5) is 24.1. The summed E-state index contributed by atoms with van der Waals surface area (Å²) in [6, 6.07) is 8.64. The summed E-state index contributed by atoms with van der Waals surface area (Å²) in [5, 5.41) is 2.69. The van der Waals surface area contributed by atoms with E-state index in [4.69, 9.17) is 4.74 Å². The highest BCUT2D eigenvalue weighted by atomic mass is 32.2. The van der Waals surface area contributed by atoms with E-state index in [9.17, 15) is 18.0 Å². The molecule has 0 aliphatic rings. The zero-order valence-electron chi connectivity index (χ0n) is 17.3. The first-order valence-corrected chi connectivity index (χ1v) is 10.7. The van der Waals surface area contributed by atoms with Gasteiger partial charge in [0.25, 0.3) is 0 Å². The molecule has 0 spiro atoms. The lowest BCUT2D eigenvalue weighted by atomic mass is 10.0. The molecule has 0 fully saturated rings. The van der Waals surface area contributed by atoms with Crippen molar-refractivity contribution in [2.75, 3.05) is 25.5 Å². The first-order valence-electron chi connectivity index (χ1n) is 9.25. The highest BCUT2D eigenvalue weighted by molar-refractivity contribution is 7.89. The van der Waals surface area contributed by atoms with Crippen LogP contribution >= 0.6 is 0 Å². The molecule has 158 valence electrons. The van der Waals surface area contributed by atoms with Crippen LogP contribution in [0.1, 0.15) is 42.7 Å². The number of esters is 1. The van der Waals surface area contributed by atoms with Gasteiger partial charge in [-0.15, -0.1) is 0 Å². The molecule has 0 saturated heterocycles. The minimum atomic E-state index is -3.95. The lowest BCUT2D eigenvalue weighted by Crippen LogP contribution is -2.34. The number of rotatable bonds is 8. The Kier molecular flexibility index (Phi) is 7.21. The Balaban J connectivity index is 2.08. The van der Waals surface area contributed by atoms with Crippen LogP contribution in [-0.2, 0) is 26.6 Å². The first-order chi connectivity index (χ1) is 13.6. The summed E-state index contributed by atoms with van der Waals surface area (Å²) in [6.45, 7) is 5.64. The average molecular weight is 422 g/mol. The largest absolute Gasteiger partial charge is 0.461 e. The number of amides is 1. The van der Waals surface area contributed by atoms with E-state index < -0.39 is 21.9 Å². The fraction of sp³-hybridized carbons (Fsp3) is 0.400. The molecule has 9 heteroatoms. The number of anilines is 1. The molecule has 1 aromatic carbocycles. The number of carbonyl (C=O) groups is 2. The zero-order valence-corrected chi connectivity index (χ0v) is 18.1. The van der Waals surface area contributed by atoms with E-state index >= 15 is 0 Å². The minimum absolute atomic E-state index is 0.0837. The van der Waals surface area contributed by atoms with E-state index in [1.807, 2.05) is 12.1 Å². The Morgan fingerprint density at radius 3 is 2.38 bits per heavy atom. The van der Waals surface area contributed by atoms with Crippen molar-refractivity contribution in [3.05, 3.63) is 47.8 Å². The number of hydrogen-bond donors (Lipinski definition) is 1. The molecule has 0 aliphatic heterocycles. The fourth-order valence-corrected chi connectivity index (χ4v) is 3.90. The number of hydrogen-bond acceptors (Lipinski definition) is 5. The number of nitrogens with one attached hydrogen (secondary N) is 1. The van der Waals surface area contributed by atoms with Crippen LogP contribution in [0.4, 0.5) is 5.69 Å². The van der Waals surface area contributed by atoms with Gasteiger partial charge in [0.2, 0.25) is 15.9 Å². The fourth-order valence-electron chi connectivity index (χ4n) is 2.70. The third-order valence-electron chi connectivity index (χ3n) is 4.40. The van der Waals surface area contributed by atoms with Gasteiger partial charge >= 0.3 is 5.97 Å². The smallest absolute Gasteiger partial charge is 0.354 e. The van der Waals surface area contributed by atoms with Gasteiger partial charge in [-0.3, -0.25) is 4.79 Å². The van der Waals surface area contributed by atoms with E-state index in [-0.39, 0.29) is 23.7 Å². The van der Waals surface area contributed by atoms with Gasteiger partial charge in [-0.2, -0.15) is 4.31 Å². The summed E-state index contributed by atoms with van der Waals surface area (Å²) in [5.74, 6) is -0.696. The molecule has 1 N–H and O–H groups in total. The van der Waals surface area contributed by atoms with Crippen molar-refractivity contribution in [1.29, 1.82) is 0 Å². The number of aryl methyl sites for hydroxylation is 1. The van der Waals surface area contributed by atoms with E-state index in [0.717, 1.165) is 9.87 Å². The number of likely N-dealkylation sites (N-methyl/N-ethyl adjacent to an activating group) is 1. The van der Waals surface area contributed by atoms with E-state index in [1.54, 1.807) is 26.1 Å². The molecule has 0 saturated carbocycles. The second kappa shape index (κ2) is 9.23. The Hall–Kier alpha value is -2.65. The summed E-state index contributed by atoms with van der Waals surface area (Å²) in [6.07, 6.45) is 1.32. The van der Waals surface area contributed by atoms with Crippen LogP contribution in [0.3, 0.4) is 0 Å². The van der Waals surface area contributed by atoms with E-state index in [2.05, 4.69) is 19.2 Å². The molecule has 0 unspecified atom stereocenters. The van der Waals surface area contributed by atoms with Crippen LogP contribution < -0.4 is 5.32 Å². The third kappa shape index (κ3) is 5.45. The maximum absolute atomic E-state index is 12.8. The van der Waals surface area contributed by atoms with Gasteiger partial charge in [0.05, 0.1) is 13.2 Å². The second-order valence-electron chi connectivity index (χ2n) is 6.98. The van der Waals surface area contributed by atoms with Crippen LogP contribution in [0.15, 0.2) is 41.4 Å². The van der Waals surface area contributed by atoms with Gasteiger partial charge in [-0.25, -0.2) is 13.2 Å². The predicted molar refractivity (Wildman–Crippen MR) is 110 cm³/mol. The molecule has 1 aromatic heterocycles. The normalized spacial score (nSPS) is 11.7. The van der Waals surface area contributed by atoms with Crippen molar-refractivity contribution < 1.29 is 22.7 Å². The van der Waals surface area contributed by atoms with Crippen LogP contribution in [0.2, 0.25) is 0 Å². The van der Waals surface area contributed by atoms with Gasteiger partial charge < -0.3 is 14.6 Å². The summed E-state index contributed by atoms with van der Waals surface area (Å²) < 4.78 is 32.8. The molecular weight excluding hydrogens is 394 g/mol. The molecule has 1 heterocycles. The molecule has 8 nitrogen and oxygen atoms in total. The van der Waals surface area contributed by atoms with E-state index in [1.165, 1.54) is 23.9 Å². The lowest BCUT2D eigenvalue weighted by molar-refractivity contribution is -0.116. The van der Waals surface area contributed by atoms with Crippen LogP contribution in [0, 0.1) is 0 Å². The third-order valence-corrected chi connectivity index (χ3v) is 6.17. The van der Waals surface area contributed by atoms with Gasteiger partial charge in [-0.1, -0.05) is 26.0 Å². The van der Waals surface area contributed by atoms with Crippen molar-refractivity contribution in [2.24, 2.45) is 7.05 Å². The first kappa shape index (κ1) is 22.6. The topological polar surface area (TPSA) is 97.7 Å². The minimum Gasteiger partial charge on any atom is -0.461 e. The summed E-state index contributed by atoms with van der Waals surface area (Å²) in [7, 11) is -1.08. The predicted octanol–water partition coefficient (Wildman–Crippen LogP) is 2.58. The Morgan fingerprint density at radius 1 is 1.21 bits per heavy atom. The van der Waals surface area contributed by atoms with Gasteiger partial charge in [-0.05, 0) is 36.6 Å². The molecular formula is C20H27N3O5S. The highest BCUT2D eigenvalue weighted by Gasteiger charge is 2.26. The lowest BCUT2D eigenvalue weighted by Gasteiger charge is -2.16. The second-order valence-corrected chi connectivity index (χ2v) is 9.02. The quantitative estimate of drug-likeness (QED) is 0.661. The standard InChI is InChI=1S/C20H27N3O5S/c1-6-28-20(25)18-11-17(12-22(18)4)29(26,27)23(5)13-19(24)21-16-9-7-15(8-10-16)14(2)3/h7-12,14H,6,13H2,1-5H3,(H,21,24). The number of carbonyl (C=O) groups excluding carboxylic acids is 2. The Bertz CT molecular complexity index is 978. The zero-order chi connectivity index (χ0) is 21.8. The average Bonchev–Trinajstić information content (AvgIpc) is 3.04. The van der Waals surface area contributed by atoms with Crippen LogP contribution in [-0.4, -0.2) is 49.4 Å². The van der Waals surface area contributed by atoms with Crippen molar-refractivity contribution in [3.63, 3.8) is 0 Å². The molecule has 2 aromatic rings. The highest BCUT2D eigenvalue weighted by Crippen LogP contribution is 2.19. The Morgan fingerprint density at radius 2 is 1.83 bits per heavy atom. The molecule has 0 bridgehead atoms. The van der Waals surface area contributed by atoms with Gasteiger partial charge in [0.15, 0.2) is 0 Å². The molecule has 0 atom stereocenters. The number of sulfonamides is 1. The number of aromatic nitrogens is 1. The maximum Gasteiger partial charge on any atom is 0.354 e. The van der Waals surface area contributed by atoms with Gasteiger partial charge in [0, 0.05) is 26.0 Å². The molecule has 0 aliphatic carbocycles. The molecule has 0 radical (unpaired) electrons. The van der Waals surface area contributed by atoms with E-state index in [0.29, 0.717) is 11.6 Å². The monoisotopic (exact) mass is 421 g/mol. The number of benzene rings is 1. The summed E-state index contributed by atoms with van der Waals surface area (Å²) >= 11 is 0. The summed E-state index contributed by atoms with van der Waals surface area (Å²) in [5.41, 5.74) is 1.85. The number of nitrogens with zero attached hydrogens (tertiary/aromatic N) is 2. The SMILES string of the molecule is CCOC(=O)c1cc(S(=O)(=O)N(C)CC(=O)Nc2ccc(C(C)C)cc2)cn1C. The van der Waals surface area contributed by atoms with Crippen molar-refractivity contribution in [2.45, 2.75) is 31.6 Å². The van der Waals surface area contributed by atoms with Gasteiger partial charge in [0.1, 0.15) is 10.6 Å². The van der Waals surface area contributed by atoms with Crippen molar-refractivity contribution in [1.82, 2.24) is 8.87 Å². The number of ether oxygens (including phenoxy) is 1. The maximum atomic E-state index is 12.8. The molecule has 1 amide bonds. The molecule has 29 heavy (non-hydrogen) atoms. The van der Waals surface area contributed by atoms with Crippen LogP contribution in [0.5, 0.6) is 0 Å². The molecule has 2 rings (SSSR count). The van der Waals surface area contributed by atoms with Crippen molar-refractivity contribution in [3.8, 4) is 0 Å². The Labute approximate surface area is 171 Å².